The molecule has 0 aromatic rings. The van der Waals surface area contributed by atoms with E-state index in [9.17, 15) is 8.42 Å². The Labute approximate surface area is 71.4 Å². The average molecular weight is 196 g/mol. The van der Waals surface area contributed by atoms with Gasteiger partial charge in [-0.05, 0) is 5.41 Å². The second-order valence-electron chi connectivity index (χ2n) is 3.35. The number of hydrogen-bond acceptors (Lipinski definition) is 3. The number of hydrogen-bond donors (Lipinski definition) is 0. The molecule has 0 aromatic carbocycles. The standard InChI is InChI=1S/C6H10ClNO2S/c1-6(2,3)5(4-8)11(7,9)10/h5H,1-3H3. The Balaban J connectivity index is 4.92. The Kier molecular flexibility index (Phi) is 2.92. The molecule has 64 valence electrons. The predicted octanol–water partition coefficient (Wildman–Crippen LogP) is 1.49. The average Bonchev–Trinajstić information content (AvgIpc) is 1.56. The van der Waals surface area contributed by atoms with Gasteiger partial charge in [-0.25, -0.2) is 8.42 Å². The monoisotopic (exact) mass is 195 g/mol. The van der Waals surface area contributed by atoms with Crippen molar-refractivity contribution < 1.29 is 8.42 Å². The number of rotatable bonds is 1. The maximum absolute atomic E-state index is 10.8. The van der Waals surface area contributed by atoms with Crippen LogP contribution in [0, 0.1) is 16.7 Å². The van der Waals surface area contributed by atoms with Crippen LogP contribution in [0.4, 0.5) is 0 Å². The molecule has 11 heavy (non-hydrogen) atoms. The van der Waals surface area contributed by atoms with Gasteiger partial charge >= 0.3 is 0 Å². The van der Waals surface area contributed by atoms with Crippen LogP contribution in [0.3, 0.4) is 0 Å². The maximum atomic E-state index is 10.8. The van der Waals surface area contributed by atoms with E-state index in [1.165, 1.54) is 0 Å². The number of nitrogens with zero attached hydrogens (tertiary/aromatic N) is 1. The molecule has 5 heteroatoms. The molecule has 0 bridgehead atoms. The Hall–Kier alpha value is -0.270. The minimum Gasteiger partial charge on any atom is -0.211 e. The molecular weight excluding hydrogens is 186 g/mol. The lowest BCUT2D eigenvalue weighted by atomic mass is 9.93. The summed E-state index contributed by atoms with van der Waals surface area (Å²) in [4.78, 5) is 0. The highest BCUT2D eigenvalue weighted by Gasteiger charge is 2.34. The summed E-state index contributed by atoms with van der Waals surface area (Å²) in [5.41, 5.74) is -0.630. The molecule has 0 radical (unpaired) electrons. The molecule has 0 aliphatic carbocycles. The smallest absolute Gasteiger partial charge is 0.211 e. The van der Waals surface area contributed by atoms with Crippen LogP contribution < -0.4 is 0 Å². The highest BCUT2D eigenvalue weighted by Crippen LogP contribution is 2.27. The molecule has 0 fully saturated rings. The number of nitriles is 1. The summed E-state index contributed by atoms with van der Waals surface area (Å²) < 4.78 is 21.5. The van der Waals surface area contributed by atoms with E-state index in [-0.39, 0.29) is 0 Å². The molecular formula is C6H10ClNO2S. The van der Waals surface area contributed by atoms with Crippen LogP contribution in [0.5, 0.6) is 0 Å². The fourth-order valence-corrected chi connectivity index (χ4v) is 2.57. The molecule has 1 atom stereocenters. The molecule has 0 heterocycles. The third-order valence-electron chi connectivity index (χ3n) is 1.19. The summed E-state index contributed by atoms with van der Waals surface area (Å²) in [5.74, 6) is 0. The first-order chi connectivity index (χ1) is 4.69. The predicted molar refractivity (Wildman–Crippen MR) is 43.6 cm³/mol. The van der Waals surface area contributed by atoms with E-state index in [1.54, 1.807) is 26.8 Å². The molecule has 1 unspecified atom stereocenters. The highest BCUT2D eigenvalue weighted by atomic mass is 35.7. The van der Waals surface area contributed by atoms with E-state index in [2.05, 4.69) is 0 Å². The zero-order chi connectivity index (χ0) is 9.28. The summed E-state index contributed by atoms with van der Waals surface area (Å²) >= 11 is 0. The van der Waals surface area contributed by atoms with Crippen molar-refractivity contribution in [3.05, 3.63) is 0 Å². The number of halogens is 1. The van der Waals surface area contributed by atoms with Crippen molar-refractivity contribution in [2.45, 2.75) is 26.0 Å². The van der Waals surface area contributed by atoms with Crippen molar-refractivity contribution in [3.8, 4) is 6.07 Å². The molecule has 0 aromatic heterocycles. The first-order valence-corrected chi connectivity index (χ1v) is 5.40. The lowest BCUT2D eigenvalue weighted by molar-refractivity contribution is 0.422. The van der Waals surface area contributed by atoms with Crippen LogP contribution >= 0.6 is 10.7 Å². The lowest BCUT2D eigenvalue weighted by Gasteiger charge is -2.21. The minimum atomic E-state index is -3.76. The van der Waals surface area contributed by atoms with Gasteiger partial charge < -0.3 is 0 Å². The summed E-state index contributed by atoms with van der Waals surface area (Å²) in [7, 11) is 1.27. The van der Waals surface area contributed by atoms with Gasteiger partial charge in [0.05, 0.1) is 6.07 Å². The van der Waals surface area contributed by atoms with Crippen LogP contribution in [0.2, 0.25) is 0 Å². The fourth-order valence-electron chi connectivity index (χ4n) is 0.679. The van der Waals surface area contributed by atoms with Gasteiger partial charge in [-0.15, -0.1) is 0 Å². The van der Waals surface area contributed by atoms with Gasteiger partial charge in [0.25, 0.3) is 0 Å². The Bertz CT molecular complexity index is 270. The van der Waals surface area contributed by atoms with Crippen molar-refractivity contribution in [1.82, 2.24) is 0 Å². The van der Waals surface area contributed by atoms with Gasteiger partial charge in [0.15, 0.2) is 5.25 Å². The van der Waals surface area contributed by atoms with Crippen molar-refractivity contribution in [2.24, 2.45) is 5.41 Å². The van der Waals surface area contributed by atoms with Crippen LogP contribution in [-0.4, -0.2) is 13.7 Å². The van der Waals surface area contributed by atoms with Gasteiger partial charge in [0, 0.05) is 10.7 Å². The summed E-state index contributed by atoms with van der Waals surface area (Å²) in [6.45, 7) is 4.96. The van der Waals surface area contributed by atoms with E-state index in [1.807, 2.05) is 0 Å². The van der Waals surface area contributed by atoms with Gasteiger partial charge in [-0.3, -0.25) is 0 Å². The van der Waals surface area contributed by atoms with Crippen LogP contribution in [0.15, 0.2) is 0 Å². The second kappa shape index (κ2) is 3.00. The Morgan fingerprint density at radius 2 is 1.82 bits per heavy atom. The van der Waals surface area contributed by atoms with E-state index < -0.39 is 19.7 Å². The molecule has 0 spiro atoms. The van der Waals surface area contributed by atoms with Gasteiger partial charge in [0.1, 0.15) is 0 Å². The molecule has 0 saturated heterocycles. The van der Waals surface area contributed by atoms with Gasteiger partial charge in [0.2, 0.25) is 9.05 Å². The quantitative estimate of drug-likeness (QED) is 0.596. The van der Waals surface area contributed by atoms with Gasteiger partial charge in [-0.1, -0.05) is 20.8 Å². The van der Waals surface area contributed by atoms with Crippen molar-refractivity contribution in [3.63, 3.8) is 0 Å². The zero-order valence-corrected chi connectivity index (χ0v) is 8.20. The minimum absolute atomic E-state index is 0.630. The molecule has 0 aliphatic rings. The maximum Gasteiger partial charge on any atom is 0.249 e. The second-order valence-corrected chi connectivity index (χ2v) is 6.06. The van der Waals surface area contributed by atoms with Crippen LogP contribution in [-0.2, 0) is 9.05 Å². The normalized spacial score (nSPS) is 15.5. The lowest BCUT2D eigenvalue weighted by Crippen LogP contribution is -2.29. The molecule has 0 rings (SSSR count). The zero-order valence-electron chi connectivity index (χ0n) is 6.63. The third kappa shape index (κ3) is 3.08. The largest absolute Gasteiger partial charge is 0.249 e. The Morgan fingerprint density at radius 1 is 1.45 bits per heavy atom. The van der Waals surface area contributed by atoms with E-state index in [4.69, 9.17) is 15.9 Å². The van der Waals surface area contributed by atoms with E-state index in [0.717, 1.165) is 0 Å². The summed E-state index contributed by atoms with van der Waals surface area (Å²) in [5, 5.41) is 7.34. The van der Waals surface area contributed by atoms with Gasteiger partial charge in [-0.2, -0.15) is 5.26 Å². The highest BCUT2D eigenvalue weighted by molar-refractivity contribution is 8.14. The molecule has 0 aliphatic heterocycles. The van der Waals surface area contributed by atoms with E-state index >= 15 is 0 Å². The van der Waals surface area contributed by atoms with Crippen molar-refractivity contribution in [2.75, 3.05) is 0 Å². The first-order valence-electron chi connectivity index (χ1n) is 3.02. The molecule has 0 amide bonds. The summed E-state index contributed by atoms with van der Waals surface area (Å²) in [6.07, 6.45) is 0. The van der Waals surface area contributed by atoms with Crippen molar-refractivity contribution >= 4 is 19.7 Å². The fraction of sp³-hybridized carbons (Fsp3) is 0.833. The van der Waals surface area contributed by atoms with Crippen LogP contribution in [0.1, 0.15) is 20.8 Å². The topological polar surface area (TPSA) is 57.9 Å². The first kappa shape index (κ1) is 10.7. The van der Waals surface area contributed by atoms with E-state index in [0.29, 0.717) is 0 Å². The SMILES string of the molecule is CC(C)(C)C(C#N)S(=O)(=O)Cl. The molecule has 0 N–H and O–H groups in total. The molecule has 3 nitrogen and oxygen atoms in total. The van der Waals surface area contributed by atoms with Crippen molar-refractivity contribution in [1.29, 1.82) is 5.26 Å². The third-order valence-corrected chi connectivity index (χ3v) is 3.10. The Morgan fingerprint density at radius 3 is 1.82 bits per heavy atom. The van der Waals surface area contributed by atoms with Crippen LogP contribution in [0.25, 0.3) is 0 Å². The summed E-state index contributed by atoms with van der Waals surface area (Å²) in [6, 6.07) is 1.66. The molecule has 0 saturated carbocycles.